The molecular weight excluding hydrogens is 136 g/mol. The summed E-state index contributed by atoms with van der Waals surface area (Å²) in [6, 6.07) is 0. The van der Waals surface area contributed by atoms with Crippen LogP contribution in [0, 0.1) is 11.8 Å². The molecule has 2 heteroatoms. The van der Waals surface area contributed by atoms with Crippen molar-refractivity contribution in [2.75, 3.05) is 19.6 Å². The Morgan fingerprint density at radius 2 is 2.27 bits per heavy atom. The van der Waals surface area contributed by atoms with E-state index in [0.29, 0.717) is 5.92 Å². The van der Waals surface area contributed by atoms with Crippen molar-refractivity contribution in [2.45, 2.75) is 26.2 Å². The van der Waals surface area contributed by atoms with Crippen molar-refractivity contribution < 1.29 is 0 Å². The number of nitrogens with one attached hydrogen (secondary N) is 1. The molecule has 1 atom stereocenters. The molecule has 11 heavy (non-hydrogen) atoms. The van der Waals surface area contributed by atoms with Crippen LogP contribution in [-0.2, 0) is 0 Å². The third kappa shape index (κ3) is 4.38. The Kier molecular flexibility index (Phi) is 3.87. The molecule has 0 radical (unpaired) electrons. The van der Waals surface area contributed by atoms with Crippen molar-refractivity contribution in [3.63, 3.8) is 0 Å². The average molecular weight is 156 g/mol. The first-order valence-corrected chi connectivity index (χ1v) is 4.73. The molecule has 3 N–H and O–H groups in total. The first kappa shape index (κ1) is 9.01. The summed E-state index contributed by atoms with van der Waals surface area (Å²) < 4.78 is 0. The van der Waals surface area contributed by atoms with E-state index in [-0.39, 0.29) is 0 Å². The minimum absolute atomic E-state index is 0.682. The van der Waals surface area contributed by atoms with Gasteiger partial charge in [0.15, 0.2) is 0 Å². The molecule has 0 aromatic heterocycles. The van der Waals surface area contributed by atoms with Gasteiger partial charge < -0.3 is 11.1 Å². The van der Waals surface area contributed by atoms with Crippen molar-refractivity contribution in [3.8, 4) is 0 Å². The van der Waals surface area contributed by atoms with Crippen LogP contribution in [0.4, 0.5) is 0 Å². The summed E-state index contributed by atoms with van der Waals surface area (Å²) in [4.78, 5) is 0. The van der Waals surface area contributed by atoms with E-state index in [0.717, 1.165) is 19.0 Å². The van der Waals surface area contributed by atoms with Gasteiger partial charge in [0.1, 0.15) is 0 Å². The van der Waals surface area contributed by atoms with Crippen LogP contribution in [0.5, 0.6) is 0 Å². The molecule has 1 rings (SSSR count). The monoisotopic (exact) mass is 156 g/mol. The Labute approximate surface area is 69.5 Å². The summed E-state index contributed by atoms with van der Waals surface area (Å²) in [5, 5.41) is 3.46. The third-order valence-electron chi connectivity index (χ3n) is 2.35. The minimum atomic E-state index is 0.682. The molecule has 0 saturated heterocycles. The van der Waals surface area contributed by atoms with E-state index in [1.54, 1.807) is 0 Å². The fourth-order valence-electron chi connectivity index (χ4n) is 1.09. The van der Waals surface area contributed by atoms with Crippen molar-refractivity contribution in [2.24, 2.45) is 17.6 Å². The lowest BCUT2D eigenvalue weighted by atomic mass is 10.1. The van der Waals surface area contributed by atoms with Crippen molar-refractivity contribution in [1.82, 2.24) is 5.32 Å². The molecule has 0 aromatic rings. The Bertz CT molecular complexity index is 99.7. The Morgan fingerprint density at radius 3 is 2.82 bits per heavy atom. The smallest absolute Gasteiger partial charge is 0.00205 e. The zero-order valence-corrected chi connectivity index (χ0v) is 7.47. The zero-order chi connectivity index (χ0) is 8.10. The van der Waals surface area contributed by atoms with Gasteiger partial charge in [-0.2, -0.15) is 0 Å². The molecule has 66 valence electrons. The summed E-state index contributed by atoms with van der Waals surface area (Å²) in [5.41, 5.74) is 5.50. The van der Waals surface area contributed by atoms with Crippen LogP contribution < -0.4 is 11.1 Å². The molecule has 1 saturated carbocycles. The van der Waals surface area contributed by atoms with Crippen LogP contribution in [0.3, 0.4) is 0 Å². The predicted molar refractivity (Wildman–Crippen MR) is 48.4 cm³/mol. The summed E-state index contributed by atoms with van der Waals surface area (Å²) in [6.45, 7) is 5.41. The van der Waals surface area contributed by atoms with Crippen molar-refractivity contribution in [3.05, 3.63) is 0 Å². The molecular formula is C9H20N2. The van der Waals surface area contributed by atoms with Gasteiger partial charge in [0.25, 0.3) is 0 Å². The van der Waals surface area contributed by atoms with Gasteiger partial charge in [0, 0.05) is 0 Å². The average Bonchev–Trinajstić information content (AvgIpc) is 2.81. The molecule has 0 amide bonds. The molecule has 1 fully saturated rings. The van der Waals surface area contributed by atoms with Gasteiger partial charge in [-0.25, -0.2) is 0 Å². The second kappa shape index (κ2) is 4.73. The Morgan fingerprint density at radius 1 is 1.55 bits per heavy atom. The third-order valence-corrected chi connectivity index (χ3v) is 2.35. The number of hydrogen-bond donors (Lipinski definition) is 2. The van der Waals surface area contributed by atoms with Gasteiger partial charge in [-0.05, 0) is 50.7 Å². The second-order valence-corrected chi connectivity index (χ2v) is 3.78. The summed E-state index contributed by atoms with van der Waals surface area (Å²) in [5.74, 6) is 1.69. The van der Waals surface area contributed by atoms with Crippen LogP contribution in [0.1, 0.15) is 26.2 Å². The van der Waals surface area contributed by atoms with E-state index in [2.05, 4.69) is 12.2 Å². The van der Waals surface area contributed by atoms with E-state index in [1.165, 1.54) is 25.8 Å². The van der Waals surface area contributed by atoms with E-state index in [4.69, 9.17) is 5.73 Å². The molecule has 1 unspecified atom stereocenters. The maximum Gasteiger partial charge on any atom is -0.00205 e. The lowest BCUT2D eigenvalue weighted by molar-refractivity contribution is 0.503. The van der Waals surface area contributed by atoms with Crippen LogP contribution >= 0.6 is 0 Å². The second-order valence-electron chi connectivity index (χ2n) is 3.78. The topological polar surface area (TPSA) is 38.0 Å². The van der Waals surface area contributed by atoms with Crippen molar-refractivity contribution >= 4 is 0 Å². The van der Waals surface area contributed by atoms with Crippen molar-refractivity contribution in [1.29, 1.82) is 0 Å². The highest BCUT2D eigenvalue weighted by Crippen LogP contribution is 2.27. The SMILES string of the molecule is CC(CN)CCNCC1CC1. The molecule has 0 heterocycles. The minimum Gasteiger partial charge on any atom is -0.330 e. The molecule has 1 aliphatic rings. The largest absolute Gasteiger partial charge is 0.330 e. The summed E-state index contributed by atoms with van der Waals surface area (Å²) in [6.07, 6.45) is 4.11. The Balaban J connectivity index is 1.79. The van der Waals surface area contributed by atoms with Gasteiger partial charge >= 0.3 is 0 Å². The fourth-order valence-corrected chi connectivity index (χ4v) is 1.09. The number of hydrogen-bond acceptors (Lipinski definition) is 2. The fraction of sp³-hybridized carbons (Fsp3) is 1.00. The quantitative estimate of drug-likeness (QED) is 0.562. The highest BCUT2D eigenvalue weighted by atomic mass is 14.9. The first-order valence-electron chi connectivity index (χ1n) is 4.73. The van der Waals surface area contributed by atoms with E-state index in [1.807, 2.05) is 0 Å². The predicted octanol–water partition coefficient (Wildman–Crippen LogP) is 0.971. The maximum absolute atomic E-state index is 5.50. The molecule has 0 spiro atoms. The van der Waals surface area contributed by atoms with Gasteiger partial charge in [0.05, 0.1) is 0 Å². The van der Waals surface area contributed by atoms with Crippen LogP contribution in [0.25, 0.3) is 0 Å². The first-order chi connectivity index (χ1) is 5.33. The van der Waals surface area contributed by atoms with Crippen LogP contribution in [-0.4, -0.2) is 19.6 Å². The highest BCUT2D eigenvalue weighted by molar-refractivity contribution is 4.75. The molecule has 0 aromatic carbocycles. The van der Waals surface area contributed by atoms with E-state index in [9.17, 15) is 0 Å². The molecule has 2 nitrogen and oxygen atoms in total. The number of rotatable bonds is 6. The van der Waals surface area contributed by atoms with Gasteiger partial charge in [0.2, 0.25) is 0 Å². The van der Waals surface area contributed by atoms with Crippen LogP contribution in [0.15, 0.2) is 0 Å². The molecule has 0 aliphatic heterocycles. The molecule has 1 aliphatic carbocycles. The van der Waals surface area contributed by atoms with E-state index >= 15 is 0 Å². The maximum atomic E-state index is 5.50. The highest BCUT2D eigenvalue weighted by Gasteiger charge is 2.19. The zero-order valence-electron chi connectivity index (χ0n) is 7.47. The lowest BCUT2D eigenvalue weighted by Gasteiger charge is -2.08. The lowest BCUT2D eigenvalue weighted by Crippen LogP contribution is -2.22. The van der Waals surface area contributed by atoms with Gasteiger partial charge in [-0.15, -0.1) is 0 Å². The molecule has 0 bridgehead atoms. The summed E-state index contributed by atoms with van der Waals surface area (Å²) in [7, 11) is 0. The normalized spacial score (nSPS) is 20.2. The van der Waals surface area contributed by atoms with Gasteiger partial charge in [-0.1, -0.05) is 6.92 Å². The standard InChI is InChI=1S/C9H20N2/c1-8(6-10)4-5-11-7-9-2-3-9/h8-9,11H,2-7,10H2,1H3. The Hall–Kier alpha value is -0.0800. The number of nitrogens with two attached hydrogens (primary N) is 1. The summed E-state index contributed by atoms with van der Waals surface area (Å²) >= 11 is 0. The van der Waals surface area contributed by atoms with E-state index < -0.39 is 0 Å². The van der Waals surface area contributed by atoms with Gasteiger partial charge in [-0.3, -0.25) is 0 Å². The van der Waals surface area contributed by atoms with Crippen LogP contribution in [0.2, 0.25) is 0 Å².